The van der Waals surface area contributed by atoms with Gasteiger partial charge in [-0.1, -0.05) is 0 Å². The highest BCUT2D eigenvalue weighted by Crippen LogP contribution is 2.28. The molecule has 1 N–H and O–H groups in total. The summed E-state index contributed by atoms with van der Waals surface area (Å²) in [5.74, 6) is -0.244. The van der Waals surface area contributed by atoms with Gasteiger partial charge >= 0.3 is 6.18 Å². The Morgan fingerprint density at radius 3 is 2.39 bits per heavy atom. The molecule has 0 spiro atoms. The molecule has 4 heterocycles. The summed E-state index contributed by atoms with van der Waals surface area (Å²) in [4.78, 5) is 24.9. The summed E-state index contributed by atoms with van der Waals surface area (Å²) in [5, 5.41) is 3.71. The van der Waals surface area contributed by atoms with Gasteiger partial charge in [-0.15, -0.1) is 11.3 Å². The van der Waals surface area contributed by atoms with Crippen LogP contribution in [0.3, 0.4) is 0 Å². The van der Waals surface area contributed by atoms with E-state index in [-0.39, 0.29) is 17.3 Å². The Morgan fingerprint density at radius 1 is 1.03 bits per heavy atom. The highest BCUT2D eigenvalue weighted by atomic mass is 32.2. The van der Waals surface area contributed by atoms with Gasteiger partial charge in [0.15, 0.2) is 0 Å². The lowest BCUT2D eigenvalue weighted by Crippen LogP contribution is -2.22. The normalized spacial score (nSPS) is 12.6. The number of alkyl halides is 3. The predicted octanol–water partition coefficient (Wildman–Crippen LogP) is 4.20. The van der Waals surface area contributed by atoms with Crippen molar-refractivity contribution < 1.29 is 22.2 Å². The third-order valence-corrected chi connectivity index (χ3v) is 6.65. The first-order valence-electron chi connectivity index (χ1n) is 8.83. The van der Waals surface area contributed by atoms with E-state index >= 15 is 0 Å². The number of halogens is 3. The molecule has 4 rings (SSSR count). The number of thiophene rings is 1. The van der Waals surface area contributed by atoms with Crippen LogP contribution >= 0.6 is 11.3 Å². The Hall–Kier alpha value is -3.18. The van der Waals surface area contributed by atoms with Crippen LogP contribution in [-0.4, -0.2) is 25.1 Å². The second-order valence-corrected chi connectivity index (χ2v) is 8.90. The fourth-order valence-electron chi connectivity index (χ4n) is 2.67. The van der Waals surface area contributed by atoms with E-state index in [9.17, 15) is 22.2 Å². The number of hydrogen-bond acceptors (Lipinski definition) is 6. The second-order valence-electron chi connectivity index (χ2n) is 6.34. The molecule has 4 aromatic rings. The minimum absolute atomic E-state index is 0.134. The monoisotopic (exact) mass is 462 g/mol. The summed E-state index contributed by atoms with van der Waals surface area (Å²) in [6, 6.07) is 8.67. The fraction of sp³-hybridized carbons (Fsp3) is 0.100. The Balaban J connectivity index is 1.39. The average Bonchev–Trinajstić information content (AvgIpc) is 3.21. The summed E-state index contributed by atoms with van der Waals surface area (Å²) in [6.07, 6.45) is 1.10. The van der Waals surface area contributed by atoms with Crippen molar-refractivity contribution in [3.8, 4) is 0 Å². The van der Waals surface area contributed by atoms with Crippen molar-refractivity contribution in [1.82, 2.24) is 20.3 Å². The van der Waals surface area contributed by atoms with Crippen molar-refractivity contribution >= 4 is 38.1 Å². The molecule has 158 valence electrons. The zero-order chi connectivity index (χ0) is 22.0. The number of carbonyl (C=O) groups excluding carboxylic acids is 1. The molecule has 0 aliphatic carbocycles. The van der Waals surface area contributed by atoms with Gasteiger partial charge in [-0.25, -0.2) is 4.21 Å². The molecule has 0 aromatic carbocycles. The van der Waals surface area contributed by atoms with E-state index in [2.05, 4.69) is 20.3 Å². The molecule has 0 radical (unpaired) electrons. The van der Waals surface area contributed by atoms with Crippen LogP contribution in [0.4, 0.5) is 13.2 Å². The first-order valence-corrected chi connectivity index (χ1v) is 10.8. The number of carbonyl (C=O) groups is 1. The second kappa shape index (κ2) is 8.52. The number of pyridine rings is 3. The van der Waals surface area contributed by atoms with Crippen molar-refractivity contribution in [3.05, 3.63) is 77.5 Å². The quantitative estimate of drug-likeness (QED) is 0.481. The predicted molar refractivity (Wildman–Crippen MR) is 109 cm³/mol. The minimum atomic E-state index is -4.56. The van der Waals surface area contributed by atoms with Crippen molar-refractivity contribution in [1.29, 1.82) is 0 Å². The largest absolute Gasteiger partial charge is 0.433 e. The van der Waals surface area contributed by atoms with Crippen molar-refractivity contribution in [2.24, 2.45) is 0 Å². The lowest BCUT2D eigenvalue weighted by molar-refractivity contribution is -0.141. The lowest BCUT2D eigenvalue weighted by atomic mass is 10.3. The number of nitrogens with one attached hydrogen (secondary N) is 1. The van der Waals surface area contributed by atoms with Gasteiger partial charge in [0.05, 0.1) is 42.4 Å². The van der Waals surface area contributed by atoms with Gasteiger partial charge in [-0.3, -0.25) is 19.7 Å². The first kappa shape index (κ1) is 21.1. The molecule has 1 atom stereocenters. The smallest absolute Gasteiger partial charge is 0.346 e. The number of rotatable bonds is 5. The maximum atomic E-state index is 12.6. The van der Waals surface area contributed by atoms with Crippen LogP contribution in [0.2, 0.25) is 0 Å². The zero-order valence-electron chi connectivity index (χ0n) is 15.6. The van der Waals surface area contributed by atoms with Crippen LogP contribution in [0.5, 0.6) is 0 Å². The number of nitrogens with zero attached hydrogens (tertiary/aromatic N) is 3. The third-order valence-electron chi connectivity index (χ3n) is 4.23. The third kappa shape index (κ3) is 4.78. The Bertz CT molecular complexity index is 1220. The zero-order valence-corrected chi connectivity index (χ0v) is 17.2. The molecule has 6 nitrogen and oxygen atoms in total. The van der Waals surface area contributed by atoms with Gasteiger partial charge in [0.25, 0.3) is 5.91 Å². The van der Waals surface area contributed by atoms with Crippen LogP contribution in [0.15, 0.2) is 71.0 Å². The Kier molecular flexibility index (Phi) is 5.79. The molecule has 0 fully saturated rings. The first-order chi connectivity index (χ1) is 14.8. The molecule has 0 bridgehead atoms. The van der Waals surface area contributed by atoms with E-state index in [1.54, 1.807) is 30.6 Å². The maximum absolute atomic E-state index is 12.6. The average molecular weight is 462 g/mol. The molecule has 1 unspecified atom stereocenters. The topological polar surface area (TPSA) is 84.8 Å². The number of aromatic nitrogens is 3. The van der Waals surface area contributed by atoms with E-state index in [0.29, 0.717) is 15.5 Å². The molecule has 0 saturated heterocycles. The van der Waals surface area contributed by atoms with E-state index < -0.39 is 22.7 Å². The Labute approximate surface area is 180 Å². The van der Waals surface area contributed by atoms with Gasteiger partial charge in [-0.05, 0) is 41.8 Å². The van der Waals surface area contributed by atoms with Gasteiger partial charge in [0.2, 0.25) is 0 Å². The molecule has 31 heavy (non-hydrogen) atoms. The Morgan fingerprint density at radius 2 is 1.77 bits per heavy atom. The lowest BCUT2D eigenvalue weighted by Gasteiger charge is -2.07. The summed E-state index contributed by atoms with van der Waals surface area (Å²) in [6.45, 7) is 0.167. The molecule has 11 heteroatoms. The van der Waals surface area contributed by atoms with Gasteiger partial charge in [0.1, 0.15) is 5.69 Å². The van der Waals surface area contributed by atoms with E-state index in [0.717, 1.165) is 28.4 Å². The van der Waals surface area contributed by atoms with Gasteiger partial charge < -0.3 is 5.32 Å². The molecule has 0 saturated carbocycles. The van der Waals surface area contributed by atoms with Gasteiger partial charge in [0, 0.05) is 24.8 Å². The van der Waals surface area contributed by atoms with Gasteiger partial charge in [-0.2, -0.15) is 13.2 Å². The van der Waals surface area contributed by atoms with E-state index in [4.69, 9.17) is 0 Å². The highest BCUT2D eigenvalue weighted by molar-refractivity contribution is 7.85. The summed E-state index contributed by atoms with van der Waals surface area (Å²) in [7, 11) is -1.73. The molecule has 4 aromatic heterocycles. The van der Waals surface area contributed by atoms with Crippen LogP contribution in [0, 0.1) is 0 Å². The number of amides is 1. The fourth-order valence-corrected chi connectivity index (χ4v) is 4.57. The molecule has 1 amide bonds. The van der Waals surface area contributed by atoms with Crippen LogP contribution in [-0.2, 0) is 23.5 Å². The summed E-state index contributed by atoms with van der Waals surface area (Å²) in [5.41, 5.74) is -0.505. The summed E-state index contributed by atoms with van der Waals surface area (Å²) >= 11 is 1.34. The van der Waals surface area contributed by atoms with E-state index in [1.807, 2.05) is 6.07 Å². The number of fused-ring (bicyclic) bond motifs is 1. The molecule has 0 aliphatic rings. The van der Waals surface area contributed by atoms with Crippen LogP contribution in [0.1, 0.15) is 21.1 Å². The van der Waals surface area contributed by atoms with E-state index in [1.165, 1.54) is 17.5 Å². The molecule has 0 aliphatic heterocycles. The maximum Gasteiger partial charge on any atom is 0.433 e. The summed E-state index contributed by atoms with van der Waals surface area (Å²) < 4.78 is 51.2. The molecular formula is C20H13F3N4O2S2. The standard InChI is InChI=1S/C20H13F3N4O2S2/c21-20(22,23)18-4-3-15(10-26-18)31(29)14-2-1-13(25-9-14)8-27-19(28)16-7-12-5-6-24-11-17(12)30-16/h1-7,9-11H,8H2,(H,27,28). The van der Waals surface area contributed by atoms with Crippen molar-refractivity contribution in [3.63, 3.8) is 0 Å². The number of hydrogen-bond donors (Lipinski definition) is 1. The molecular weight excluding hydrogens is 449 g/mol. The minimum Gasteiger partial charge on any atom is -0.346 e. The van der Waals surface area contributed by atoms with Crippen molar-refractivity contribution in [2.45, 2.75) is 22.5 Å². The van der Waals surface area contributed by atoms with Crippen molar-refractivity contribution in [2.75, 3.05) is 0 Å². The highest BCUT2D eigenvalue weighted by Gasteiger charge is 2.32. The SMILES string of the molecule is O=C(NCc1ccc(S(=O)c2ccc(C(F)(F)F)nc2)cn1)c1cc2ccncc2s1. The van der Waals surface area contributed by atoms with Crippen LogP contribution in [0.25, 0.3) is 10.1 Å². The van der Waals surface area contributed by atoms with Crippen LogP contribution < -0.4 is 5.32 Å².